The van der Waals surface area contributed by atoms with Crippen LogP contribution in [0.25, 0.3) is 0 Å². The Morgan fingerprint density at radius 2 is 2.29 bits per heavy atom. The normalized spacial score (nSPS) is 18.4. The molecule has 1 aromatic heterocycles. The highest BCUT2D eigenvalue weighted by Crippen LogP contribution is 2.13. The third kappa shape index (κ3) is 3.77. The topological polar surface area (TPSA) is 75.2 Å². The first-order valence-electron chi connectivity index (χ1n) is 7.42. The number of nitrogens with one attached hydrogen (secondary N) is 1. The lowest BCUT2D eigenvalue weighted by atomic mass is 10.2. The number of hydrogen-bond donors (Lipinski definition) is 1. The summed E-state index contributed by atoms with van der Waals surface area (Å²) in [6, 6.07) is 1.47. The first-order chi connectivity index (χ1) is 10.0. The van der Waals surface area contributed by atoms with Gasteiger partial charge < -0.3 is 10.2 Å². The molecule has 2 heterocycles. The van der Waals surface area contributed by atoms with Crippen molar-refractivity contribution in [2.75, 3.05) is 13.1 Å². The van der Waals surface area contributed by atoms with Crippen molar-refractivity contribution in [1.29, 1.82) is 0 Å². The molecule has 0 saturated carbocycles. The Hall–Kier alpha value is -1.98. The molecule has 1 aromatic rings. The van der Waals surface area contributed by atoms with E-state index >= 15 is 0 Å². The van der Waals surface area contributed by atoms with E-state index in [9.17, 15) is 9.59 Å². The van der Waals surface area contributed by atoms with Crippen molar-refractivity contribution < 1.29 is 9.59 Å². The molecule has 0 spiro atoms. The van der Waals surface area contributed by atoms with Gasteiger partial charge in [0.2, 0.25) is 5.91 Å². The summed E-state index contributed by atoms with van der Waals surface area (Å²) in [5, 5.41) is 2.89. The zero-order chi connectivity index (χ0) is 15.4. The number of hydrogen-bond acceptors (Lipinski definition) is 4. The lowest BCUT2D eigenvalue weighted by molar-refractivity contribution is -0.127. The quantitative estimate of drug-likeness (QED) is 0.888. The average Bonchev–Trinajstić information content (AvgIpc) is 2.79. The largest absolute Gasteiger partial charge is 0.346 e. The second-order valence-electron chi connectivity index (χ2n) is 5.67. The van der Waals surface area contributed by atoms with E-state index in [1.807, 2.05) is 20.8 Å². The minimum absolute atomic E-state index is 0.104. The highest BCUT2D eigenvalue weighted by Gasteiger charge is 2.30. The van der Waals surface area contributed by atoms with Crippen LogP contribution < -0.4 is 5.32 Å². The molecule has 114 valence electrons. The Morgan fingerprint density at radius 3 is 2.95 bits per heavy atom. The van der Waals surface area contributed by atoms with Gasteiger partial charge in [-0.15, -0.1) is 0 Å². The maximum atomic E-state index is 12.2. The number of likely N-dealkylation sites (tertiary alicyclic amines) is 1. The zero-order valence-corrected chi connectivity index (χ0v) is 12.8. The smallest absolute Gasteiger partial charge is 0.270 e. The molecule has 6 nitrogen and oxygen atoms in total. The van der Waals surface area contributed by atoms with Crippen LogP contribution in [-0.2, 0) is 4.79 Å². The fourth-order valence-electron chi connectivity index (χ4n) is 2.39. The van der Waals surface area contributed by atoms with Gasteiger partial charge in [-0.25, -0.2) is 9.97 Å². The number of aromatic nitrogens is 2. The first-order valence-corrected chi connectivity index (χ1v) is 7.42. The summed E-state index contributed by atoms with van der Waals surface area (Å²) in [4.78, 5) is 34.2. The second kappa shape index (κ2) is 6.65. The minimum Gasteiger partial charge on any atom is -0.346 e. The molecule has 21 heavy (non-hydrogen) atoms. The van der Waals surface area contributed by atoms with Gasteiger partial charge in [-0.1, -0.05) is 20.8 Å². The van der Waals surface area contributed by atoms with Crippen molar-refractivity contribution in [3.05, 3.63) is 23.8 Å². The lowest BCUT2D eigenvalue weighted by Gasteiger charge is -2.16. The van der Waals surface area contributed by atoms with Gasteiger partial charge in [-0.2, -0.15) is 0 Å². The number of carbonyl (C=O) groups is 2. The molecule has 6 heteroatoms. The van der Waals surface area contributed by atoms with Crippen LogP contribution in [0.4, 0.5) is 0 Å². The predicted molar refractivity (Wildman–Crippen MR) is 78.9 cm³/mol. The number of amides is 2. The van der Waals surface area contributed by atoms with Crippen LogP contribution in [-0.4, -0.2) is 45.8 Å². The van der Waals surface area contributed by atoms with Gasteiger partial charge in [-0.05, 0) is 12.5 Å². The monoisotopic (exact) mass is 290 g/mol. The molecule has 1 fully saturated rings. The van der Waals surface area contributed by atoms with E-state index in [1.165, 1.54) is 0 Å². The maximum absolute atomic E-state index is 12.2. The van der Waals surface area contributed by atoms with Crippen LogP contribution in [0.2, 0.25) is 0 Å². The van der Waals surface area contributed by atoms with Crippen molar-refractivity contribution in [1.82, 2.24) is 20.2 Å². The summed E-state index contributed by atoms with van der Waals surface area (Å²) in [7, 11) is 0. The molecule has 0 unspecified atom stereocenters. The van der Waals surface area contributed by atoms with E-state index in [4.69, 9.17) is 0 Å². The molecule has 0 bridgehead atoms. The van der Waals surface area contributed by atoms with Crippen molar-refractivity contribution in [2.24, 2.45) is 0 Å². The van der Waals surface area contributed by atoms with E-state index < -0.39 is 0 Å². The predicted octanol–water partition coefficient (Wildman–Crippen LogP) is 1.34. The summed E-state index contributed by atoms with van der Waals surface area (Å²) < 4.78 is 0. The SMILES string of the molecule is CCCN1C[C@H](NC(=O)c2ccnc(C(C)C)n2)CC1=O. The van der Waals surface area contributed by atoms with E-state index in [2.05, 4.69) is 15.3 Å². The van der Waals surface area contributed by atoms with Crippen LogP contribution in [0.15, 0.2) is 12.3 Å². The van der Waals surface area contributed by atoms with Crippen LogP contribution in [0.5, 0.6) is 0 Å². The summed E-state index contributed by atoms with van der Waals surface area (Å²) >= 11 is 0. The van der Waals surface area contributed by atoms with Crippen LogP contribution in [0.1, 0.15) is 55.8 Å². The summed E-state index contributed by atoms with van der Waals surface area (Å²) in [5.41, 5.74) is 0.357. The van der Waals surface area contributed by atoms with E-state index in [0.717, 1.165) is 13.0 Å². The minimum atomic E-state index is -0.240. The molecule has 2 amide bonds. The molecule has 1 aliphatic rings. The van der Waals surface area contributed by atoms with Crippen molar-refractivity contribution >= 4 is 11.8 Å². The molecule has 0 aromatic carbocycles. The standard InChI is InChI=1S/C15H22N4O2/c1-4-7-19-9-11(8-13(19)20)17-15(21)12-5-6-16-14(18-12)10(2)3/h5-6,10-11H,4,7-9H2,1-3H3,(H,17,21)/t11-/m1/s1. The van der Waals surface area contributed by atoms with Gasteiger partial charge in [0, 0.05) is 31.6 Å². The number of rotatable bonds is 5. The van der Waals surface area contributed by atoms with Crippen molar-refractivity contribution in [2.45, 2.75) is 45.6 Å². The molecule has 1 atom stereocenters. The van der Waals surface area contributed by atoms with Gasteiger partial charge in [0.25, 0.3) is 5.91 Å². The molecule has 1 aliphatic heterocycles. The first kappa shape index (κ1) is 15.4. The molecular weight excluding hydrogens is 268 g/mol. The number of carbonyl (C=O) groups excluding carboxylic acids is 2. The van der Waals surface area contributed by atoms with Gasteiger partial charge in [-0.3, -0.25) is 9.59 Å². The average molecular weight is 290 g/mol. The fourth-order valence-corrected chi connectivity index (χ4v) is 2.39. The third-order valence-electron chi connectivity index (χ3n) is 3.47. The maximum Gasteiger partial charge on any atom is 0.270 e. The van der Waals surface area contributed by atoms with E-state index in [-0.39, 0.29) is 23.8 Å². The Kier molecular flexibility index (Phi) is 4.88. The zero-order valence-electron chi connectivity index (χ0n) is 12.8. The highest BCUT2D eigenvalue weighted by molar-refractivity contribution is 5.93. The van der Waals surface area contributed by atoms with Crippen molar-refractivity contribution in [3.8, 4) is 0 Å². The Labute approximate surface area is 125 Å². The highest BCUT2D eigenvalue weighted by atomic mass is 16.2. The summed E-state index contributed by atoms with van der Waals surface area (Å²) in [6.07, 6.45) is 2.89. The van der Waals surface area contributed by atoms with E-state index in [1.54, 1.807) is 17.2 Å². The Balaban J connectivity index is 1.99. The fraction of sp³-hybridized carbons (Fsp3) is 0.600. The number of nitrogens with zero attached hydrogens (tertiary/aromatic N) is 3. The lowest BCUT2D eigenvalue weighted by Crippen LogP contribution is -2.37. The van der Waals surface area contributed by atoms with Crippen LogP contribution in [0.3, 0.4) is 0 Å². The second-order valence-corrected chi connectivity index (χ2v) is 5.67. The molecule has 0 aliphatic carbocycles. The van der Waals surface area contributed by atoms with Crippen molar-refractivity contribution in [3.63, 3.8) is 0 Å². The summed E-state index contributed by atoms with van der Waals surface area (Å²) in [6.45, 7) is 7.33. The molecule has 2 rings (SSSR count). The van der Waals surface area contributed by atoms with E-state index in [0.29, 0.717) is 24.5 Å². The van der Waals surface area contributed by atoms with Crippen LogP contribution in [0, 0.1) is 0 Å². The van der Waals surface area contributed by atoms with Gasteiger partial charge in [0.15, 0.2) is 0 Å². The molecule has 0 radical (unpaired) electrons. The summed E-state index contributed by atoms with van der Waals surface area (Å²) in [5.74, 6) is 0.687. The van der Waals surface area contributed by atoms with Gasteiger partial charge >= 0.3 is 0 Å². The van der Waals surface area contributed by atoms with Crippen LogP contribution >= 0.6 is 0 Å². The Morgan fingerprint density at radius 1 is 1.52 bits per heavy atom. The van der Waals surface area contributed by atoms with Gasteiger partial charge in [0.05, 0.1) is 6.04 Å². The third-order valence-corrected chi connectivity index (χ3v) is 3.47. The Bertz CT molecular complexity index is 530. The molecule has 1 N–H and O–H groups in total. The molecular formula is C15H22N4O2. The van der Waals surface area contributed by atoms with Gasteiger partial charge in [0.1, 0.15) is 11.5 Å². The molecule has 1 saturated heterocycles.